The molecule has 2 N–H and O–H groups in total. The second kappa shape index (κ2) is 6.55. The van der Waals surface area contributed by atoms with E-state index in [4.69, 9.17) is 5.11 Å². The number of carbonyl (C=O) groups is 1. The standard InChI is InChI=1S/C10H12BrNO4S2/c1-17-5-4-12-18(15,16)9-3-2-7(10(13)14)6-8(9)11/h2-3,6,12H,4-5H2,1H3,(H,13,14). The van der Waals surface area contributed by atoms with Gasteiger partial charge in [-0.1, -0.05) is 0 Å². The molecule has 0 unspecified atom stereocenters. The highest BCUT2D eigenvalue weighted by atomic mass is 79.9. The maximum absolute atomic E-state index is 11.9. The van der Waals surface area contributed by atoms with E-state index in [9.17, 15) is 13.2 Å². The lowest BCUT2D eigenvalue weighted by Crippen LogP contribution is -2.26. The van der Waals surface area contributed by atoms with Crippen LogP contribution >= 0.6 is 27.7 Å². The van der Waals surface area contributed by atoms with Crippen LogP contribution < -0.4 is 4.72 Å². The summed E-state index contributed by atoms with van der Waals surface area (Å²) in [4.78, 5) is 10.8. The molecule has 1 aromatic rings. The Morgan fingerprint density at radius 3 is 2.67 bits per heavy atom. The van der Waals surface area contributed by atoms with Gasteiger partial charge < -0.3 is 5.11 Å². The molecule has 100 valence electrons. The zero-order valence-electron chi connectivity index (χ0n) is 9.51. The van der Waals surface area contributed by atoms with Gasteiger partial charge in [0.25, 0.3) is 0 Å². The van der Waals surface area contributed by atoms with Crippen molar-refractivity contribution in [3.8, 4) is 0 Å². The molecule has 0 radical (unpaired) electrons. The van der Waals surface area contributed by atoms with Crippen LogP contribution in [0.15, 0.2) is 27.6 Å². The van der Waals surface area contributed by atoms with Crippen molar-refractivity contribution >= 4 is 43.7 Å². The fourth-order valence-corrected chi connectivity index (χ4v) is 3.75. The van der Waals surface area contributed by atoms with Crippen LogP contribution in [0.25, 0.3) is 0 Å². The lowest BCUT2D eigenvalue weighted by Gasteiger charge is -2.08. The van der Waals surface area contributed by atoms with E-state index in [1.54, 1.807) is 0 Å². The monoisotopic (exact) mass is 353 g/mol. The minimum atomic E-state index is -3.61. The Kier molecular flexibility index (Phi) is 5.64. The molecular weight excluding hydrogens is 342 g/mol. The Bertz CT molecular complexity index is 545. The molecule has 0 spiro atoms. The first-order chi connectivity index (χ1) is 8.38. The molecule has 0 aliphatic carbocycles. The maximum atomic E-state index is 11.9. The van der Waals surface area contributed by atoms with Gasteiger partial charge in [0.2, 0.25) is 10.0 Å². The van der Waals surface area contributed by atoms with Gasteiger partial charge in [-0.05, 0) is 40.4 Å². The van der Waals surface area contributed by atoms with Gasteiger partial charge >= 0.3 is 5.97 Å². The van der Waals surface area contributed by atoms with Gasteiger partial charge in [-0.2, -0.15) is 11.8 Å². The quantitative estimate of drug-likeness (QED) is 0.761. The highest BCUT2D eigenvalue weighted by molar-refractivity contribution is 9.10. The van der Waals surface area contributed by atoms with Crippen molar-refractivity contribution < 1.29 is 18.3 Å². The summed E-state index contributed by atoms with van der Waals surface area (Å²) in [6.45, 7) is 0.330. The third kappa shape index (κ3) is 3.98. The van der Waals surface area contributed by atoms with Crippen molar-refractivity contribution in [2.45, 2.75) is 4.90 Å². The molecule has 18 heavy (non-hydrogen) atoms. The number of carboxylic acids is 1. The summed E-state index contributed by atoms with van der Waals surface area (Å²) in [7, 11) is -3.61. The molecule has 0 aliphatic heterocycles. The van der Waals surface area contributed by atoms with Crippen molar-refractivity contribution in [1.29, 1.82) is 0 Å². The molecule has 0 atom stereocenters. The first kappa shape index (κ1) is 15.5. The normalized spacial score (nSPS) is 11.4. The average molecular weight is 354 g/mol. The number of sulfonamides is 1. The topological polar surface area (TPSA) is 83.5 Å². The van der Waals surface area contributed by atoms with Crippen LogP contribution in [0.1, 0.15) is 10.4 Å². The van der Waals surface area contributed by atoms with Crippen LogP contribution in [0, 0.1) is 0 Å². The average Bonchev–Trinajstić information content (AvgIpc) is 2.28. The number of rotatable bonds is 6. The van der Waals surface area contributed by atoms with E-state index in [2.05, 4.69) is 20.7 Å². The van der Waals surface area contributed by atoms with E-state index in [0.717, 1.165) is 0 Å². The number of hydrogen-bond donors (Lipinski definition) is 2. The van der Waals surface area contributed by atoms with Gasteiger partial charge in [-0.15, -0.1) is 0 Å². The first-order valence-corrected chi connectivity index (χ1v) is 8.57. The second-order valence-electron chi connectivity index (χ2n) is 3.34. The molecule has 0 aromatic heterocycles. The molecule has 1 aromatic carbocycles. The summed E-state index contributed by atoms with van der Waals surface area (Å²) in [5.74, 6) is -0.431. The molecule has 0 saturated heterocycles. The number of aromatic carboxylic acids is 1. The van der Waals surface area contributed by atoms with E-state index in [1.165, 1.54) is 30.0 Å². The van der Waals surface area contributed by atoms with Crippen LogP contribution in [0.4, 0.5) is 0 Å². The second-order valence-corrected chi connectivity index (χ2v) is 6.92. The molecule has 8 heteroatoms. The third-order valence-electron chi connectivity index (χ3n) is 2.07. The Balaban J connectivity index is 2.99. The number of halogens is 1. The zero-order valence-corrected chi connectivity index (χ0v) is 12.7. The fourth-order valence-electron chi connectivity index (χ4n) is 1.21. The van der Waals surface area contributed by atoms with Crippen LogP contribution in [0.2, 0.25) is 0 Å². The van der Waals surface area contributed by atoms with Gasteiger partial charge in [-0.3, -0.25) is 0 Å². The molecule has 0 fully saturated rings. The molecule has 5 nitrogen and oxygen atoms in total. The smallest absolute Gasteiger partial charge is 0.335 e. The molecule has 0 heterocycles. The Labute approximate surface area is 118 Å². The van der Waals surface area contributed by atoms with Crippen molar-refractivity contribution in [2.24, 2.45) is 0 Å². The van der Waals surface area contributed by atoms with Gasteiger partial charge in [0.05, 0.1) is 10.5 Å². The molecule has 0 bridgehead atoms. The summed E-state index contributed by atoms with van der Waals surface area (Å²) < 4.78 is 26.5. The summed E-state index contributed by atoms with van der Waals surface area (Å²) in [6, 6.07) is 3.80. The van der Waals surface area contributed by atoms with Gasteiger partial charge in [0.15, 0.2) is 0 Å². The van der Waals surface area contributed by atoms with E-state index >= 15 is 0 Å². The van der Waals surface area contributed by atoms with Gasteiger partial charge in [0, 0.05) is 16.8 Å². The Morgan fingerprint density at radius 2 is 2.17 bits per heavy atom. The van der Waals surface area contributed by atoms with Crippen LogP contribution in [0.5, 0.6) is 0 Å². The predicted molar refractivity (Wildman–Crippen MR) is 74.7 cm³/mol. The van der Waals surface area contributed by atoms with E-state index in [1.807, 2.05) is 6.26 Å². The first-order valence-electron chi connectivity index (χ1n) is 4.90. The number of carboxylic acid groups (broad SMARTS) is 1. The van der Waals surface area contributed by atoms with Crippen LogP contribution in [-0.4, -0.2) is 38.0 Å². The largest absolute Gasteiger partial charge is 0.478 e. The number of hydrogen-bond acceptors (Lipinski definition) is 4. The van der Waals surface area contributed by atoms with Gasteiger partial charge in [0.1, 0.15) is 0 Å². The lowest BCUT2D eigenvalue weighted by atomic mass is 10.2. The highest BCUT2D eigenvalue weighted by Gasteiger charge is 2.18. The minimum Gasteiger partial charge on any atom is -0.478 e. The summed E-state index contributed by atoms with van der Waals surface area (Å²) in [5.41, 5.74) is 0.0324. The maximum Gasteiger partial charge on any atom is 0.335 e. The Hall–Kier alpha value is -0.570. The summed E-state index contributed by atoms with van der Waals surface area (Å²) in [5, 5.41) is 8.79. The summed E-state index contributed by atoms with van der Waals surface area (Å²) >= 11 is 4.60. The minimum absolute atomic E-state index is 0.0324. The molecule has 0 amide bonds. The highest BCUT2D eigenvalue weighted by Crippen LogP contribution is 2.23. The van der Waals surface area contributed by atoms with Crippen molar-refractivity contribution in [3.05, 3.63) is 28.2 Å². The fraction of sp³-hybridized carbons (Fsp3) is 0.300. The van der Waals surface area contributed by atoms with Crippen LogP contribution in [-0.2, 0) is 10.0 Å². The molecule has 1 rings (SSSR count). The molecule has 0 aliphatic rings. The van der Waals surface area contributed by atoms with Crippen molar-refractivity contribution in [3.63, 3.8) is 0 Å². The van der Waals surface area contributed by atoms with E-state index < -0.39 is 16.0 Å². The van der Waals surface area contributed by atoms with E-state index in [-0.39, 0.29) is 14.9 Å². The number of thioether (sulfide) groups is 1. The van der Waals surface area contributed by atoms with Gasteiger partial charge in [-0.25, -0.2) is 17.9 Å². The number of benzene rings is 1. The van der Waals surface area contributed by atoms with Crippen molar-refractivity contribution in [1.82, 2.24) is 4.72 Å². The van der Waals surface area contributed by atoms with Crippen molar-refractivity contribution in [2.75, 3.05) is 18.6 Å². The summed E-state index contributed by atoms with van der Waals surface area (Å²) in [6.07, 6.45) is 1.88. The SMILES string of the molecule is CSCCNS(=O)(=O)c1ccc(C(=O)O)cc1Br. The lowest BCUT2D eigenvalue weighted by molar-refractivity contribution is 0.0696. The molecular formula is C10H12BrNO4S2. The predicted octanol–water partition coefficient (Wildman–Crippen LogP) is 1.79. The third-order valence-corrected chi connectivity index (χ3v) is 5.12. The number of nitrogens with one attached hydrogen (secondary N) is 1. The van der Waals surface area contributed by atoms with Crippen LogP contribution in [0.3, 0.4) is 0 Å². The molecule has 0 saturated carbocycles. The Morgan fingerprint density at radius 1 is 1.50 bits per heavy atom. The zero-order chi connectivity index (χ0) is 13.8. The van der Waals surface area contributed by atoms with E-state index in [0.29, 0.717) is 12.3 Å².